The van der Waals surface area contributed by atoms with Gasteiger partial charge in [0.1, 0.15) is 10.7 Å². The van der Waals surface area contributed by atoms with E-state index in [2.05, 4.69) is 39.1 Å². The molecule has 0 saturated carbocycles. The Bertz CT molecular complexity index is 1120. The quantitative estimate of drug-likeness (QED) is 0.675. The molecule has 0 amide bonds. The number of nitrogens with zero attached hydrogens (tertiary/aromatic N) is 3. The Hall–Kier alpha value is -2.93. The minimum absolute atomic E-state index is 0.00656. The Kier molecular flexibility index (Phi) is 5.72. The first-order valence-electron chi connectivity index (χ1n) is 10.2. The molecule has 2 N–H and O–H groups in total. The van der Waals surface area contributed by atoms with Gasteiger partial charge in [-0.05, 0) is 55.4 Å². The molecule has 0 radical (unpaired) electrons. The highest BCUT2D eigenvalue weighted by molar-refractivity contribution is 7.91. The summed E-state index contributed by atoms with van der Waals surface area (Å²) in [5.74, 6) is 1.11. The van der Waals surface area contributed by atoms with Crippen molar-refractivity contribution in [1.82, 2.24) is 9.97 Å². The van der Waals surface area contributed by atoms with E-state index in [9.17, 15) is 8.42 Å². The monoisotopic (exact) mass is 422 g/mol. The average molecular weight is 423 g/mol. The molecule has 2 aromatic carbocycles. The van der Waals surface area contributed by atoms with Crippen LogP contribution < -0.4 is 10.6 Å². The summed E-state index contributed by atoms with van der Waals surface area (Å²) in [5.41, 5.74) is 8.29. The topological polar surface area (TPSA) is 89.2 Å². The van der Waals surface area contributed by atoms with Crippen LogP contribution in [0.2, 0.25) is 0 Å². The lowest BCUT2D eigenvalue weighted by Crippen LogP contribution is -2.35. The van der Waals surface area contributed by atoms with E-state index in [0.717, 1.165) is 37.9 Å². The molecule has 0 unspecified atom stereocenters. The second-order valence-corrected chi connectivity index (χ2v) is 9.78. The highest BCUT2D eigenvalue weighted by Crippen LogP contribution is 2.28. The SMILES string of the molecule is Cc1cccc(S(=O)(=O)c2cnc(N3CCC(Cc4ccccc4)CC3)nc2N)c1. The van der Waals surface area contributed by atoms with Crippen molar-refractivity contribution >= 4 is 21.6 Å². The number of rotatable bonds is 5. The van der Waals surface area contributed by atoms with Crippen LogP contribution in [0.15, 0.2) is 70.6 Å². The fourth-order valence-corrected chi connectivity index (χ4v) is 5.29. The lowest BCUT2D eigenvalue weighted by atomic mass is 9.90. The van der Waals surface area contributed by atoms with Gasteiger partial charge in [0.15, 0.2) is 0 Å². The minimum Gasteiger partial charge on any atom is -0.382 e. The molecule has 1 aliphatic heterocycles. The van der Waals surface area contributed by atoms with Crippen molar-refractivity contribution in [2.24, 2.45) is 5.92 Å². The number of nitrogen functional groups attached to an aromatic ring is 1. The predicted octanol–water partition coefficient (Wildman–Crippen LogP) is 3.66. The normalized spacial score (nSPS) is 15.3. The summed E-state index contributed by atoms with van der Waals surface area (Å²) in [4.78, 5) is 10.9. The third kappa shape index (κ3) is 4.31. The number of piperidine rings is 1. The highest BCUT2D eigenvalue weighted by Gasteiger charge is 2.25. The molecule has 1 saturated heterocycles. The van der Waals surface area contributed by atoms with Gasteiger partial charge >= 0.3 is 0 Å². The second-order valence-electron chi connectivity index (χ2n) is 7.86. The van der Waals surface area contributed by atoms with Gasteiger partial charge in [-0.15, -0.1) is 0 Å². The lowest BCUT2D eigenvalue weighted by molar-refractivity contribution is 0.400. The van der Waals surface area contributed by atoms with E-state index in [1.807, 2.05) is 19.1 Å². The minimum atomic E-state index is -3.75. The first kappa shape index (κ1) is 20.3. The van der Waals surface area contributed by atoms with Gasteiger partial charge in [0.25, 0.3) is 0 Å². The van der Waals surface area contributed by atoms with Gasteiger partial charge in [0, 0.05) is 13.1 Å². The molecule has 156 valence electrons. The zero-order valence-corrected chi connectivity index (χ0v) is 17.8. The van der Waals surface area contributed by atoms with Crippen LogP contribution >= 0.6 is 0 Å². The Balaban J connectivity index is 1.46. The van der Waals surface area contributed by atoms with Crippen LogP contribution in [-0.4, -0.2) is 31.5 Å². The molecule has 0 bridgehead atoms. The highest BCUT2D eigenvalue weighted by atomic mass is 32.2. The van der Waals surface area contributed by atoms with Gasteiger partial charge in [0.05, 0.1) is 11.1 Å². The fraction of sp³-hybridized carbons (Fsp3) is 0.304. The lowest BCUT2D eigenvalue weighted by Gasteiger charge is -2.32. The first-order chi connectivity index (χ1) is 14.4. The van der Waals surface area contributed by atoms with Crippen LogP contribution in [-0.2, 0) is 16.3 Å². The number of hydrogen-bond donors (Lipinski definition) is 1. The molecule has 7 heteroatoms. The Morgan fingerprint density at radius 3 is 2.47 bits per heavy atom. The number of benzene rings is 2. The van der Waals surface area contributed by atoms with Crippen LogP contribution in [0, 0.1) is 12.8 Å². The molecule has 1 aliphatic rings. The van der Waals surface area contributed by atoms with Crippen LogP contribution in [0.5, 0.6) is 0 Å². The van der Waals surface area contributed by atoms with Crippen molar-refractivity contribution in [2.45, 2.75) is 36.0 Å². The first-order valence-corrected chi connectivity index (χ1v) is 11.6. The molecule has 1 aromatic heterocycles. The molecule has 4 rings (SSSR count). The van der Waals surface area contributed by atoms with Gasteiger partial charge in [-0.3, -0.25) is 0 Å². The number of aromatic nitrogens is 2. The summed E-state index contributed by atoms with van der Waals surface area (Å²) in [6, 6.07) is 17.3. The smallest absolute Gasteiger partial charge is 0.227 e. The van der Waals surface area contributed by atoms with E-state index < -0.39 is 9.84 Å². The van der Waals surface area contributed by atoms with Crippen LogP contribution in [0.4, 0.5) is 11.8 Å². The fourth-order valence-electron chi connectivity index (χ4n) is 3.93. The maximum absolute atomic E-state index is 12.9. The molecule has 1 fully saturated rings. The van der Waals surface area contributed by atoms with E-state index >= 15 is 0 Å². The Morgan fingerprint density at radius 1 is 1.07 bits per heavy atom. The standard InChI is InChI=1S/C23H26N4O2S/c1-17-6-5-9-20(14-17)30(28,29)21-16-25-23(26-22(21)24)27-12-10-19(11-13-27)15-18-7-3-2-4-8-18/h2-9,14,16,19H,10-13,15H2,1H3,(H2,24,25,26). The van der Waals surface area contributed by atoms with Gasteiger partial charge in [-0.25, -0.2) is 13.4 Å². The van der Waals surface area contributed by atoms with Gasteiger partial charge in [0.2, 0.25) is 15.8 Å². The van der Waals surface area contributed by atoms with E-state index in [1.54, 1.807) is 18.2 Å². The molecular formula is C23H26N4O2S. The van der Waals surface area contributed by atoms with E-state index in [0.29, 0.717) is 11.9 Å². The molecular weight excluding hydrogens is 396 g/mol. The van der Waals surface area contributed by atoms with E-state index in [-0.39, 0.29) is 15.6 Å². The van der Waals surface area contributed by atoms with Crippen molar-refractivity contribution in [3.05, 3.63) is 71.9 Å². The summed E-state index contributed by atoms with van der Waals surface area (Å²) >= 11 is 0. The van der Waals surface area contributed by atoms with Crippen molar-refractivity contribution < 1.29 is 8.42 Å². The molecule has 0 aliphatic carbocycles. The van der Waals surface area contributed by atoms with Crippen LogP contribution in [0.1, 0.15) is 24.0 Å². The van der Waals surface area contributed by atoms with Crippen LogP contribution in [0.3, 0.4) is 0 Å². The van der Waals surface area contributed by atoms with E-state index in [4.69, 9.17) is 5.73 Å². The Labute approximate surface area is 177 Å². The second kappa shape index (κ2) is 8.44. The largest absolute Gasteiger partial charge is 0.382 e. The maximum atomic E-state index is 12.9. The van der Waals surface area contributed by atoms with Crippen molar-refractivity contribution in [3.8, 4) is 0 Å². The van der Waals surface area contributed by atoms with E-state index in [1.165, 1.54) is 11.8 Å². The number of nitrogens with two attached hydrogens (primary N) is 1. The summed E-state index contributed by atoms with van der Waals surface area (Å²) in [6.45, 7) is 3.52. The number of aryl methyl sites for hydroxylation is 1. The molecule has 0 spiro atoms. The number of anilines is 2. The third-order valence-electron chi connectivity index (χ3n) is 5.62. The van der Waals surface area contributed by atoms with Gasteiger partial charge in [-0.1, -0.05) is 42.5 Å². The molecule has 6 nitrogen and oxygen atoms in total. The van der Waals surface area contributed by atoms with Gasteiger partial charge < -0.3 is 10.6 Å². The zero-order chi connectivity index (χ0) is 21.1. The number of hydrogen-bond acceptors (Lipinski definition) is 6. The van der Waals surface area contributed by atoms with Crippen molar-refractivity contribution in [3.63, 3.8) is 0 Å². The number of sulfone groups is 1. The molecule has 3 aromatic rings. The van der Waals surface area contributed by atoms with Crippen molar-refractivity contribution in [2.75, 3.05) is 23.7 Å². The van der Waals surface area contributed by atoms with Crippen LogP contribution in [0.25, 0.3) is 0 Å². The molecule has 2 heterocycles. The van der Waals surface area contributed by atoms with Gasteiger partial charge in [-0.2, -0.15) is 4.98 Å². The van der Waals surface area contributed by atoms with Crippen molar-refractivity contribution in [1.29, 1.82) is 0 Å². The summed E-state index contributed by atoms with van der Waals surface area (Å²) in [7, 11) is -3.75. The molecule has 30 heavy (non-hydrogen) atoms. The Morgan fingerprint density at radius 2 is 1.80 bits per heavy atom. The summed E-state index contributed by atoms with van der Waals surface area (Å²) < 4.78 is 25.9. The maximum Gasteiger partial charge on any atom is 0.227 e. The summed E-state index contributed by atoms with van der Waals surface area (Å²) in [5, 5.41) is 0. The predicted molar refractivity (Wildman–Crippen MR) is 118 cm³/mol. The summed E-state index contributed by atoms with van der Waals surface area (Å²) in [6.07, 6.45) is 4.50. The third-order valence-corrected chi connectivity index (χ3v) is 7.39. The average Bonchev–Trinajstić information content (AvgIpc) is 2.75. The zero-order valence-electron chi connectivity index (χ0n) is 17.0. The molecule has 0 atom stereocenters.